The van der Waals surface area contributed by atoms with E-state index in [1.54, 1.807) is 18.6 Å². The van der Waals surface area contributed by atoms with Gasteiger partial charge in [0.15, 0.2) is 5.78 Å². The van der Waals surface area contributed by atoms with Gasteiger partial charge >= 0.3 is 0 Å². The summed E-state index contributed by atoms with van der Waals surface area (Å²) in [5.41, 5.74) is 2.54. The zero-order chi connectivity index (χ0) is 20.3. The van der Waals surface area contributed by atoms with Gasteiger partial charge in [0.2, 0.25) is 5.70 Å². The summed E-state index contributed by atoms with van der Waals surface area (Å²) in [5.74, 6) is 0.00949. The number of aromatic nitrogens is 2. The summed E-state index contributed by atoms with van der Waals surface area (Å²) in [6.45, 7) is 13.2. The Bertz CT molecular complexity index is 800. The molecule has 0 spiro atoms. The molecule has 0 amide bonds. The van der Waals surface area contributed by atoms with E-state index < -0.39 is 10.8 Å². The minimum Gasteiger partial charge on any atom is -0.317 e. The Balaban J connectivity index is 0.000000615. The number of nitrogens with one attached hydrogen (secondary N) is 2. The SMILES string of the molecule is CNO.[3H]C.[C-]#[N+]C1=C[C@]2(C)c3[nH]n(C)c(=O)c3CC[C@H]2C(C)(C)C1=O. The van der Waals surface area contributed by atoms with Crippen molar-refractivity contribution in [2.45, 2.75) is 46.4 Å². The molecule has 2 atom stereocenters. The molecular weight excluding hydrogens is 320 g/mol. The van der Waals surface area contributed by atoms with E-state index in [1.165, 1.54) is 19.1 Å². The van der Waals surface area contributed by atoms with E-state index in [2.05, 4.69) is 9.94 Å². The molecule has 3 rings (SSSR count). The van der Waals surface area contributed by atoms with Crippen molar-refractivity contribution in [2.24, 2.45) is 18.4 Å². The third-order valence-corrected chi connectivity index (χ3v) is 5.34. The lowest BCUT2D eigenvalue weighted by Crippen LogP contribution is -2.51. The molecule has 0 bridgehead atoms. The number of nitrogens with zero attached hydrogens (tertiary/aromatic N) is 2. The van der Waals surface area contributed by atoms with E-state index >= 15 is 0 Å². The highest BCUT2D eigenvalue weighted by molar-refractivity contribution is 6.02. The molecule has 3 N–H and O–H groups in total. The lowest BCUT2D eigenvalue weighted by Gasteiger charge is -2.49. The summed E-state index contributed by atoms with van der Waals surface area (Å²) in [6, 6.07) is 0. The second kappa shape index (κ2) is 6.98. The zero-order valence-corrected chi connectivity index (χ0v) is 15.7. The van der Waals surface area contributed by atoms with Crippen LogP contribution in [0.3, 0.4) is 0 Å². The van der Waals surface area contributed by atoms with E-state index in [9.17, 15) is 9.59 Å². The average molecular weight is 350 g/mol. The Labute approximate surface area is 149 Å². The van der Waals surface area contributed by atoms with Gasteiger partial charge in [-0.05, 0) is 18.8 Å². The lowest BCUT2D eigenvalue weighted by molar-refractivity contribution is -0.128. The minimum absolute atomic E-state index is 0.00265. The number of aryl methyl sites for hydroxylation is 1. The van der Waals surface area contributed by atoms with Crippen LogP contribution in [0.25, 0.3) is 4.85 Å². The monoisotopic (exact) mass is 350 g/mol. The van der Waals surface area contributed by atoms with Gasteiger partial charge in [0, 0.05) is 37.6 Å². The first-order valence-corrected chi connectivity index (χ1v) is 7.89. The third-order valence-electron chi connectivity index (χ3n) is 5.34. The van der Waals surface area contributed by atoms with Crippen LogP contribution in [0.15, 0.2) is 16.6 Å². The zero-order valence-electron chi connectivity index (χ0n) is 16.7. The number of hydrogen-bond acceptors (Lipinski definition) is 4. The maximum atomic E-state index is 12.5. The van der Waals surface area contributed by atoms with E-state index in [-0.39, 0.29) is 23.0 Å². The molecule has 2 aliphatic carbocycles. The molecule has 0 aromatic carbocycles. The molecule has 2 aliphatic rings. The van der Waals surface area contributed by atoms with Crippen molar-refractivity contribution < 1.29 is 11.4 Å². The standard InChI is InChI=1S/C16H19N3O2.CH5NO.CH4/c1-15(2)11-7-6-9-12(18-19(5)14(9)21)16(11,3)8-10(17-4)13(15)20;1-2-3;/h8,11,18H,6-7H2,1-3,5H3;2-3H,1H3;1H4/t11-,16-;;/m0../s1/i;;1T. The van der Waals surface area contributed by atoms with Crippen LogP contribution < -0.4 is 11.0 Å². The van der Waals surface area contributed by atoms with Gasteiger partial charge in [-0.15, -0.1) is 0 Å². The maximum Gasteiger partial charge on any atom is 0.269 e. The van der Waals surface area contributed by atoms with Gasteiger partial charge in [0.1, 0.15) is 0 Å². The first-order chi connectivity index (χ1) is 12.1. The number of rotatable bonds is 0. The van der Waals surface area contributed by atoms with Crippen LogP contribution in [0.5, 0.6) is 0 Å². The molecule has 0 saturated heterocycles. The first kappa shape index (κ1) is 19.2. The predicted molar refractivity (Wildman–Crippen MR) is 96.2 cm³/mol. The number of hydrogen-bond donors (Lipinski definition) is 3. The fraction of sp³-hybridized carbons (Fsp3) is 0.611. The quantitative estimate of drug-likeness (QED) is 0.494. The summed E-state index contributed by atoms with van der Waals surface area (Å²) in [4.78, 5) is 28.1. The van der Waals surface area contributed by atoms with Gasteiger partial charge in [-0.25, -0.2) is 10.3 Å². The molecule has 0 radical (unpaired) electrons. The normalized spacial score (nSPS) is 26.3. The molecule has 1 aromatic rings. The van der Waals surface area contributed by atoms with Crippen LogP contribution in [0, 0.1) is 17.9 Å². The van der Waals surface area contributed by atoms with Crippen LogP contribution in [0.1, 0.15) is 47.2 Å². The minimum atomic E-state index is -0.589. The van der Waals surface area contributed by atoms with Crippen molar-refractivity contribution in [1.29, 1.82) is 0 Å². The van der Waals surface area contributed by atoms with Crippen LogP contribution >= 0.6 is 0 Å². The molecule has 0 aliphatic heterocycles. The Morgan fingerprint density at radius 2 is 2.04 bits per heavy atom. The molecule has 0 unspecified atom stereocenters. The highest BCUT2D eigenvalue weighted by atomic mass is 16.5. The highest BCUT2D eigenvalue weighted by Gasteiger charge is 2.54. The van der Waals surface area contributed by atoms with E-state index in [4.69, 9.17) is 13.2 Å². The average Bonchev–Trinajstić information content (AvgIpc) is 2.90. The van der Waals surface area contributed by atoms with Crippen molar-refractivity contribution in [3.8, 4) is 0 Å². The number of allylic oxidation sites excluding steroid dienone is 2. The van der Waals surface area contributed by atoms with E-state index in [1.807, 2.05) is 20.8 Å². The largest absolute Gasteiger partial charge is 0.317 e. The summed E-state index contributed by atoms with van der Waals surface area (Å²) in [6.07, 6.45) is 3.24. The van der Waals surface area contributed by atoms with Gasteiger partial charge in [-0.1, -0.05) is 34.2 Å². The number of Topliss-reactive ketones (excluding diaryl/α,β-unsaturated/α-hetero) is 1. The molecule has 7 heteroatoms. The summed E-state index contributed by atoms with van der Waals surface area (Å²) >= 11 is 0. The van der Waals surface area contributed by atoms with Crippen LogP contribution in [0.2, 0.25) is 0 Å². The molecule has 1 aromatic heterocycles. The smallest absolute Gasteiger partial charge is 0.269 e. The maximum absolute atomic E-state index is 12.5. The molecule has 138 valence electrons. The number of hydroxylamine groups is 1. The van der Waals surface area contributed by atoms with Gasteiger partial charge in [-0.3, -0.25) is 14.6 Å². The van der Waals surface area contributed by atoms with Gasteiger partial charge < -0.3 is 10.0 Å². The number of aromatic amines is 1. The van der Waals surface area contributed by atoms with Crippen molar-refractivity contribution in [3.05, 3.63) is 44.8 Å². The van der Waals surface area contributed by atoms with Crippen molar-refractivity contribution in [3.63, 3.8) is 0 Å². The Kier molecular flexibility index (Phi) is 5.35. The highest BCUT2D eigenvalue weighted by Crippen LogP contribution is 2.53. The Morgan fingerprint density at radius 1 is 1.48 bits per heavy atom. The summed E-state index contributed by atoms with van der Waals surface area (Å²) < 4.78 is 7.24. The van der Waals surface area contributed by atoms with Crippen LogP contribution in [0.4, 0.5) is 0 Å². The molecule has 25 heavy (non-hydrogen) atoms. The van der Waals surface area contributed by atoms with Crippen LogP contribution in [-0.4, -0.2) is 27.8 Å². The Hall–Kier alpha value is -2.17. The van der Waals surface area contributed by atoms with E-state index in [0.29, 0.717) is 6.42 Å². The Morgan fingerprint density at radius 3 is 2.56 bits per heavy atom. The summed E-state index contributed by atoms with van der Waals surface area (Å²) in [7, 11) is 4.39. The number of carbonyl (C=O) groups excluding carboxylic acids is 1. The van der Waals surface area contributed by atoms with Gasteiger partial charge in [-0.2, -0.15) is 0 Å². The number of fused-ring (bicyclic) bond motifs is 3. The predicted octanol–water partition coefficient (Wildman–Crippen LogP) is 2.18. The molecule has 0 fully saturated rings. The van der Waals surface area contributed by atoms with Crippen molar-refractivity contribution in [1.82, 2.24) is 15.3 Å². The third kappa shape index (κ3) is 2.96. The van der Waals surface area contributed by atoms with E-state index in [0.717, 1.165) is 17.7 Å². The van der Waals surface area contributed by atoms with Crippen molar-refractivity contribution in [2.75, 3.05) is 7.05 Å². The fourth-order valence-corrected chi connectivity index (χ4v) is 4.24. The topological polar surface area (TPSA) is 91.5 Å². The van der Waals surface area contributed by atoms with Crippen molar-refractivity contribution >= 4 is 5.78 Å². The van der Waals surface area contributed by atoms with Crippen LogP contribution in [-0.2, 0) is 23.7 Å². The molecule has 7 nitrogen and oxygen atoms in total. The molecular formula is C18H28N4O3. The second-order valence-electron chi connectivity index (χ2n) is 7.12. The van der Waals surface area contributed by atoms with Gasteiger partial charge in [0.25, 0.3) is 5.56 Å². The number of ketones is 1. The van der Waals surface area contributed by atoms with Gasteiger partial charge in [0.05, 0.1) is 6.57 Å². The lowest BCUT2D eigenvalue weighted by atomic mass is 9.53. The molecule has 0 saturated carbocycles. The molecule has 1 heterocycles. The number of H-pyrrole nitrogens is 1. The first-order valence-electron chi connectivity index (χ1n) is 8.89. The fourth-order valence-electron chi connectivity index (χ4n) is 4.24. The second-order valence-corrected chi connectivity index (χ2v) is 7.12. The number of carbonyl (C=O) groups is 1. The summed E-state index contributed by atoms with van der Waals surface area (Å²) in [5, 5.41) is 10.5.